The first-order valence-corrected chi connectivity index (χ1v) is 8.69. The summed E-state index contributed by atoms with van der Waals surface area (Å²) >= 11 is 0. The Balaban J connectivity index is 1.49. The van der Waals surface area contributed by atoms with E-state index in [1.807, 2.05) is 30.3 Å². The van der Waals surface area contributed by atoms with E-state index in [1.54, 1.807) is 48.5 Å². The lowest BCUT2D eigenvalue weighted by Gasteiger charge is -2.09. The summed E-state index contributed by atoms with van der Waals surface area (Å²) in [6.45, 7) is -0.141. The van der Waals surface area contributed by atoms with Crippen molar-refractivity contribution in [3.05, 3.63) is 84.4 Å². The van der Waals surface area contributed by atoms with Crippen LogP contribution in [0.25, 0.3) is 0 Å². The fraction of sp³-hybridized carbons (Fsp3) is 0.0909. The zero-order valence-electron chi connectivity index (χ0n) is 15.3. The highest BCUT2D eigenvalue weighted by Gasteiger charge is 2.09. The maximum absolute atomic E-state index is 12.1. The maximum atomic E-state index is 12.1. The first-order valence-electron chi connectivity index (χ1n) is 8.69. The molecule has 3 rings (SSSR count). The fourth-order valence-corrected chi connectivity index (χ4v) is 2.46. The Morgan fingerprint density at radius 1 is 0.821 bits per heavy atom. The summed E-state index contributed by atoms with van der Waals surface area (Å²) in [6, 6.07) is 23.1. The predicted molar refractivity (Wildman–Crippen MR) is 107 cm³/mol. The van der Waals surface area contributed by atoms with Gasteiger partial charge >= 0.3 is 0 Å². The summed E-state index contributed by atoms with van der Waals surface area (Å²) in [5, 5.41) is 5.31. The van der Waals surface area contributed by atoms with Crippen LogP contribution in [0.4, 0.5) is 5.69 Å². The highest BCUT2D eigenvalue weighted by molar-refractivity contribution is 5.99. The van der Waals surface area contributed by atoms with Gasteiger partial charge in [-0.3, -0.25) is 9.59 Å². The normalized spacial score (nSPS) is 10.0. The van der Waals surface area contributed by atoms with Crippen molar-refractivity contribution in [2.45, 2.75) is 0 Å². The van der Waals surface area contributed by atoms with Crippen LogP contribution in [0.2, 0.25) is 0 Å². The highest BCUT2D eigenvalue weighted by atomic mass is 16.5. The Hall–Kier alpha value is -3.80. The number of anilines is 1. The largest absolute Gasteiger partial charge is 0.497 e. The molecule has 0 unspecified atom stereocenters. The third kappa shape index (κ3) is 5.35. The molecule has 2 N–H and O–H groups in total. The minimum atomic E-state index is -0.347. The van der Waals surface area contributed by atoms with Crippen molar-refractivity contribution >= 4 is 17.5 Å². The Morgan fingerprint density at radius 2 is 1.50 bits per heavy atom. The minimum absolute atomic E-state index is 0.141. The number of benzene rings is 3. The van der Waals surface area contributed by atoms with Crippen molar-refractivity contribution in [1.29, 1.82) is 0 Å². The van der Waals surface area contributed by atoms with E-state index in [2.05, 4.69) is 10.6 Å². The van der Waals surface area contributed by atoms with Gasteiger partial charge < -0.3 is 20.1 Å². The molecule has 3 aromatic rings. The molecule has 6 nitrogen and oxygen atoms in total. The Labute approximate surface area is 163 Å². The molecule has 2 amide bonds. The van der Waals surface area contributed by atoms with E-state index in [1.165, 1.54) is 7.11 Å². The van der Waals surface area contributed by atoms with Crippen LogP contribution in [0, 0.1) is 0 Å². The molecule has 0 fully saturated rings. The van der Waals surface area contributed by atoms with E-state index >= 15 is 0 Å². The topological polar surface area (TPSA) is 76.7 Å². The van der Waals surface area contributed by atoms with Gasteiger partial charge in [0, 0.05) is 11.3 Å². The van der Waals surface area contributed by atoms with Crippen molar-refractivity contribution in [2.75, 3.05) is 19.0 Å². The molecule has 0 bridgehead atoms. The van der Waals surface area contributed by atoms with Gasteiger partial charge in [0.1, 0.15) is 17.2 Å². The molecule has 6 heteroatoms. The summed E-state index contributed by atoms with van der Waals surface area (Å²) in [4.78, 5) is 24.2. The van der Waals surface area contributed by atoms with Crippen LogP contribution in [0.3, 0.4) is 0 Å². The van der Waals surface area contributed by atoms with Crippen LogP contribution >= 0.6 is 0 Å². The number of carbonyl (C=O) groups excluding carboxylic acids is 2. The van der Waals surface area contributed by atoms with Crippen LogP contribution < -0.4 is 20.1 Å². The Bertz CT molecular complexity index is 940. The molecular formula is C22H20N2O4. The smallest absolute Gasteiger partial charge is 0.251 e. The number of ether oxygens (including phenoxy) is 2. The quantitative estimate of drug-likeness (QED) is 0.657. The molecule has 0 saturated heterocycles. The summed E-state index contributed by atoms with van der Waals surface area (Å²) < 4.78 is 10.8. The SMILES string of the molecule is COc1cccc(C(=O)NCC(=O)Nc2ccc(Oc3ccccc3)cc2)c1. The van der Waals surface area contributed by atoms with Crippen LogP contribution in [-0.4, -0.2) is 25.5 Å². The van der Waals surface area contributed by atoms with Gasteiger partial charge in [0.2, 0.25) is 5.91 Å². The molecule has 0 spiro atoms. The van der Waals surface area contributed by atoms with E-state index < -0.39 is 0 Å². The summed E-state index contributed by atoms with van der Waals surface area (Å²) in [6.07, 6.45) is 0. The number of nitrogens with one attached hydrogen (secondary N) is 2. The van der Waals surface area contributed by atoms with E-state index in [0.29, 0.717) is 22.7 Å². The van der Waals surface area contributed by atoms with Crippen LogP contribution in [0.5, 0.6) is 17.2 Å². The van der Waals surface area contributed by atoms with Gasteiger partial charge in [-0.2, -0.15) is 0 Å². The molecule has 0 heterocycles. The second-order valence-corrected chi connectivity index (χ2v) is 5.90. The number of hydrogen-bond acceptors (Lipinski definition) is 4. The van der Waals surface area contributed by atoms with Gasteiger partial charge in [0.15, 0.2) is 0 Å². The number of hydrogen-bond donors (Lipinski definition) is 2. The van der Waals surface area contributed by atoms with E-state index in [-0.39, 0.29) is 18.4 Å². The minimum Gasteiger partial charge on any atom is -0.497 e. The fourth-order valence-electron chi connectivity index (χ4n) is 2.46. The van der Waals surface area contributed by atoms with E-state index in [9.17, 15) is 9.59 Å². The Morgan fingerprint density at radius 3 is 2.21 bits per heavy atom. The van der Waals surface area contributed by atoms with E-state index in [4.69, 9.17) is 9.47 Å². The molecule has 0 aliphatic rings. The van der Waals surface area contributed by atoms with Crippen LogP contribution in [0.15, 0.2) is 78.9 Å². The molecule has 0 aliphatic carbocycles. The number of rotatable bonds is 7. The average Bonchev–Trinajstić information content (AvgIpc) is 2.74. The molecule has 0 saturated carbocycles. The lowest BCUT2D eigenvalue weighted by atomic mass is 10.2. The number of carbonyl (C=O) groups is 2. The number of methoxy groups -OCH3 is 1. The van der Waals surface area contributed by atoms with Crippen molar-refractivity contribution < 1.29 is 19.1 Å². The van der Waals surface area contributed by atoms with Gasteiger partial charge in [0.25, 0.3) is 5.91 Å². The van der Waals surface area contributed by atoms with E-state index in [0.717, 1.165) is 5.75 Å². The van der Waals surface area contributed by atoms with Gasteiger partial charge in [0.05, 0.1) is 13.7 Å². The van der Waals surface area contributed by atoms with Crippen molar-refractivity contribution in [3.63, 3.8) is 0 Å². The lowest BCUT2D eigenvalue weighted by Crippen LogP contribution is -2.32. The lowest BCUT2D eigenvalue weighted by molar-refractivity contribution is -0.115. The molecule has 28 heavy (non-hydrogen) atoms. The average molecular weight is 376 g/mol. The van der Waals surface area contributed by atoms with Crippen LogP contribution in [0.1, 0.15) is 10.4 Å². The third-order valence-electron chi connectivity index (χ3n) is 3.86. The zero-order chi connectivity index (χ0) is 19.8. The van der Waals surface area contributed by atoms with Gasteiger partial charge in [-0.1, -0.05) is 24.3 Å². The Kier molecular flexibility index (Phi) is 6.25. The third-order valence-corrected chi connectivity index (χ3v) is 3.86. The first-order chi connectivity index (χ1) is 13.6. The van der Waals surface area contributed by atoms with Gasteiger partial charge in [-0.05, 0) is 54.6 Å². The van der Waals surface area contributed by atoms with Crippen molar-refractivity contribution in [3.8, 4) is 17.2 Å². The predicted octanol–water partition coefficient (Wildman–Crippen LogP) is 3.86. The standard InChI is InChI=1S/C22H20N2O4/c1-27-20-9-5-6-16(14-20)22(26)23-15-21(25)24-17-10-12-19(13-11-17)28-18-7-3-2-4-8-18/h2-14H,15H2,1H3,(H,23,26)(H,24,25). The first kappa shape index (κ1) is 19.0. The second kappa shape index (κ2) is 9.23. The maximum Gasteiger partial charge on any atom is 0.251 e. The highest BCUT2D eigenvalue weighted by Crippen LogP contribution is 2.22. The van der Waals surface area contributed by atoms with Crippen LogP contribution in [-0.2, 0) is 4.79 Å². The molecule has 0 aliphatic heterocycles. The molecule has 3 aromatic carbocycles. The molecule has 0 atom stereocenters. The van der Waals surface area contributed by atoms with Crippen molar-refractivity contribution in [1.82, 2.24) is 5.32 Å². The summed E-state index contributed by atoms with van der Waals surface area (Å²) in [5.74, 6) is 1.30. The van der Waals surface area contributed by atoms with Gasteiger partial charge in [-0.25, -0.2) is 0 Å². The molecule has 142 valence electrons. The summed E-state index contributed by atoms with van der Waals surface area (Å²) in [7, 11) is 1.53. The molecule has 0 aromatic heterocycles. The molecular weight excluding hydrogens is 356 g/mol. The molecule has 0 radical (unpaired) electrons. The monoisotopic (exact) mass is 376 g/mol. The summed E-state index contributed by atoms with van der Waals surface area (Å²) in [5.41, 5.74) is 1.04. The zero-order valence-corrected chi connectivity index (χ0v) is 15.3. The second-order valence-electron chi connectivity index (χ2n) is 5.90. The number of para-hydroxylation sites is 1. The van der Waals surface area contributed by atoms with Gasteiger partial charge in [-0.15, -0.1) is 0 Å². The van der Waals surface area contributed by atoms with Crippen molar-refractivity contribution in [2.24, 2.45) is 0 Å². The number of amides is 2.